The predicted octanol–water partition coefficient (Wildman–Crippen LogP) is 1.60. The van der Waals surface area contributed by atoms with Crippen LogP contribution in [0.2, 0.25) is 0 Å². The number of fused-ring (bicyclic) bond motifs is 1. The van der Waals surface area contributed by atoms with Gasteiger partial charge in [-0.25, -0.2) is 9.18 Å². The molecule has 23 heavy (non-hydrogen) atoms. The number of carbonyl (C=O) groups is 2. The second-order valence-corrected chi connectivity index (χ2v) is 5.61. The smallest absolute Gasteiger partial charge is 0.326 e. The number of amides is 1. The summed E-state index contributed by atoms with van der Waals surface area (Å²) < 4.78 is 18.5. The standard InChI is InChI=1S/C16H17FN2O4/c17-10-3-4-11-9(8-18-12(11)7-10)6-13(16(21)22)19-15(20)14-2-1-5-23-14/h3-4,7-8,13-14,18H,1-2,5-6H2,(H,19,20)(H,21,22). The van der Waals surface area contributed by atoms with E-state index in [4.69, 9.17) is 4.74 Å². The molecule has 3 rings (SSSR count). The van der Waals surface area contributed by atoms with Gasteiger partial charge in [0.1, 0.15) is 18.0 Å². The molecule has 1 aromatic heterocycles. The van der Waals surface area contributed by atoms with Crippen molar-refractivity contribution in [1.82, 2.24) is 10.3 Å². The maximum Gasteiger partial charge on any atom is 0.326 e. The fraction of sp³-hybridized carbons (Fsp3) is 0.375. The topological polar surface area (TPSA) is 91.4 Å². The Morgan fingerprint density at radius 1 is 1.48 bits per heavy atom. The Morgan fingerprint density at radius 2 is 2.30 bits per heavy atom. The van der Waals surface area contributed by atoms with E-state index in [1.54, 1.807) is 12.3 Å². The minimum Gasteiger partial charge on any atom is -0.480 e. The van der Waals surface area contributed by atoms with E-state index in [-0.39, 0.29) is 12.2 Å². The van der Waals surface area contributed by atoms with Gasteiger partial charge >= 0.3 is 5.97 Å². The summed E-state index contributed by atoms with van der Waals surface area (Å²) in [6.45, 7) is 0.518. The van der Waals surface area contributed by atoms with Crippen LogP contribution >= 0.6 is 0 Å². The van der Waals surface area contributed by atoms with Crippen molar-refractivity contribution in [3.63, 3.8) is 0 Å². The zero-order chi connectivity index (χ0) is 16.4. The van der Waals surface area contributed by atoms with Crippen LogP contribution in [-0.4, -0.2) is 40.7 Å². The third kappa shape index (κ3) is 3.34. The number of halogens is 1. The minimum atomic E-state index is -1.12. The van der Waals surface area contributed by atoms with Crippen LogP contribution in [0, 0.1) is 5.82 Å². The molecule has 7 heteroatoms. The summed E-state index contributed by atoms with van der Waals surface area (Å²) in [5, 5.41) is 12.6. The SMILES string of the molecule is O=C(O)C(Cc1c[nH]c2cc(F)ccc12)NC(=O)C1CCCO1. The zero-order valence-electron chi connectivity index (χ0n) is 12.3. The number of aromatic nitrogens is 1. The van der Waals surface area contributed by atoms with Crippen molar-refractivity contribution >= 4 is 22.8 Å². The van der Waals surface area contributed by atoms with Crippen molar-refractivity contribution in [2.24, 2.45) is 0 Å². The maximum absolute atomic E-state index is 13.2. The molecule has 1 fully saturated rings. The van der Waals surface area contributed by atoms with Gasteiger partial charge < -0.3 is 20.1 Å². The summed E-state index contributed by atoms with van der Waals surface area (Å²) in [4.78, 5) is 26.4. The molecule has 0 spiro atoms. The quantitative estimate of drug-likeness (QED) is 0.780. The van der Waals surface area contributed by atoms with Gasteiger partial charge in [-0.05, 0) is 36.6 Å². The summed E-state index contributed by atoms with van der Waals surface area (Å²) >= 11 is 0. The molecule has 1 aliphatic heterocycles. The molecular formula is C16H17FN2O4. The van der Waals surface area contributed by atoms with Crippen LogP contribution in [0.1, 0.15) is 18.4 Å². The highest BCUT2D eigenvalue weighted by molar-refractivity contribution is 5.88. The van der Waals surface area contributed by atoms with E-state index in [1.165, 1.54) is 12.1 Å². The Bertz CT molecular complexity index is 737. The van der Waals surface area contributed by atoms with Crippen LogP contribution in [0.15, 0.2) is 24.4 Å². The number of carboxylic acids is 1. The van der Waals surface area contributed by atoms with Crippen LogP contribution in [0.3, 0.4) is 0 Å². The molecule has 1 aliphatic rings. The molecular weight excluding hydrogens is 303 g/mol. The first-order chi connectivity index (χ1) is 11.0. The lowest BCUT2D eigenvalue weighted by Crippen LogP contribution is -2.46. The first-order valence-corrected chi connectivity index (χ1v) is 7.45. The lowest BCUT2D eigenvalue weighted by atomic mass is 10.0. The summed E-state index contributed by atoms with van der Waals surface area (Å²) in [7, 11) is 0. The van der Waals surface area contributed by atoms with E-state index in [1.807, 2.05) is 0 Å². The lowest BCUT2D eigenvalue weighted by molar-refractivity contribution is -0.143. The largest absolute Gasteiger partial charge is 0.480 e. The second kappa shape index (κ2) is 6.37. The highest BCUT2D eigenvalue weighted by Crippen LogP contribution is 2.21. The molecule has 2 aromatic rings. The van der Waals surface area contributed by atoms with Gasteiger partial charge in [-0.15, -0.1) is 0 Å². The molecule has 122 valence electrons. The summed E-state index contributed by atoms with van der Waals surface area (Å²) in [5.74, 6) is -1.89. The third-order valence-corrected chi connectivity index (χ3v) is 3.99. The molecule has 2 unspecified atom stereocenters. The van der Waals surface area contributed by atoms with E-state index in [0.717, 1.165) is 11.8 Å². The van der Waals surface area contributed by atoms with Gasteiger partial charge in [0.05, 0.1) is 0 Å². The van der Waals surface area contributed by atoms with Crippen LogP contribution in [0.5, 0.6) is 0 Å². The van der Waals surface area contributed by atoms with Crippen molar-refractivity contribution in [1.29, 1.82) is 0 Å². The number of hydrogen-bond acceptors (Lipinski definition) is 3. The first kappa shape index (κ1) is 15.5. The number of carboxylic acid groups (broad SMARTS) is 1. The van der Waals surface area contributed by atoms with E-state index < -0.39 is 24.0 Å². The van der Waals surface area contributed by atoms with Crippen molar-refractivity contribution in [2.45, 2.75) is 31.4 Å². The van der Waals surface area contributed by atoms with Gasteiger partial charge in [-0.1, -0.05) is 0 Å². The number of aromatic amines is 1. The van der Waals surface area contributed by atoms with E-state index in [9.17, 15) is 19.1 Å². The fourth-order valence-electron chi connectivity index (χ4n) is 2.80. The summed E-state index contributed by atoms with van der Waals surface area (Å²) in [5.41, 5.74) is 1.30. The average Bonchev–Trinajstić information content (AvgIpc) is 3.16. The van der Waals surface area contributed by atoms with E-state index in [0.29, 0.717) is 24.1 Å². The second-order valence-electron chi connectivity index (χ2n) is 5.61. The van der Waals surface area contributed by atoms with Gasteiger partial charge in [0, 0.05) is 30.1 Å². The molecule has 6 nitrogen and oxygen atoms in total. The van der Waals surface area contributed by atoms with Crippen LogP contribution in [-0.2, 0) is 20.7 Å². The number of carbonyl (C=O) groups excluding carboxylic acids is 1. The Labute approximate surface area is 131 Å². The Hall–Kier alpha value is -2.41. The number of hydrogen-bond donors (Lipinski definition) is 3. The molecule has 1 amide bonds. The fourth-order valence-corrected chi connectivity index (χ4v) is 2.80. The number of aliphatic carboxylic acids is 1. The number of nitrogens with one attached hydrogen (secondary N) is 2. The van der Waals surface area contributed by atoms with Crippen LogP contribution in [0.25, 0.3) is 10.9 Å². The first-order valence-electron chi connectivity index (χ1n) is 7.45. The zero-order valence-corrected chi connectivity index (χ0v) is 12.3. The van der Waals surface area contributed by atoms with Gasteiger partial charge in [-0.3, -0.25) is 4.79 Å². The van der Waals surface area contributed by atoms with Crippen LogP contribution < -0.4 is 5.32 Å². The van der Waals surface area contributed by atoms with Gasteiger partial charge in [0.25, 0.3) is 0 Å². The van der Waals surface area contributed by atoms with Crippen LogP contribution in [0.4, 0.5) is 4.39 Å². The molecule has 0 aliphatic carbocycles. The monoisotopic (exact) mass is 320 g/mol. The number of benzene rings is 1. The predicted molar refractivity (Wildman–Crippen MR) is 80.5 cm³/mol. The van der Waals surface area contributed by atoms with Gasteiger partial charge in [-0.2, -0.15) is 0 Å². The third-order valence-electron chi connectivity index (χ3n) is 3.99. The maximum atomic E-state index is 13.2. The summed E-state index contributed by atoms with van der Waals surface area (Å²) in [6, 6.07) is 3.20. The van der Waals surface area contributed by atoms with Crippen molar-refractivity contribution in [3.05, 3.63) is 35.8 Å². The van der Waals surface area contributed by atoms with Crippen molar-refractivity contribution < 1.29 is 23.8 Å². The molecule has 1 saturated heterocycles. The summed E-state index contributed by atoms with van der Waals surface area (Å²) in [6.07, 6.45) is 2.57. The van der Waals surface area contributed by atoms with Crippen molar-refractivity contribution in [2.75, 3.05) is 6.61 Å². The average molecular weight is 320 g/mol. The highest BCUT2D eigenvalue weighted by Gasteiger charge is 2.28. The van der Waals surface area contributed by atoms with E-state index >= 15 is 0 Å². The Balaban J connectivity index is 1.75. The molecule has 3 N–H and O–H groups in total. The molecule has 1 aromatic carbocycles. The molecule has 0 radical (unpaired) electrons. The van der Waals surface area contributed by atoms with Gasteiger partial charge in [0.2, 0.25) is 5.91 Å². The van der Waals surface area contributed by atoms with Gasteiger partial charge in [0.15, 0.2) is 0 Å². The molecule has 0 saturated carbocycles. The number of H-pyrrole nitrogens is 1. The lowest BCUT2D eigenvalue weighted by Gasteiger charge is -2.17. The highest BCUT2D eigenvalue weighted by atomic mass is 19.1. The Morgan fingerprint density at radius 3 is 3.00 bits per heavy atom. The molecule has 2 heterocycles. The number of rotatable bonds is 5. The molecule has 2 atom stereocenters. The van der Waals surface area contributed by atoms with E-state index in [2.05, 4.69) is 10.3 Å². The number of ether oxygens (including phenoxy) is 1. The normalized spacial score (nSPS) is 18.9. The minimum absolute atomic E-state index is 0.111. The molecule has 0 bridgehead atoms. The van der Waals surface area contributed by atoms with Crippen molar-refractivity contribution in [3.8, 4) is 0 Å². The Kier molecular flexibility index (Phi) is 4.29.